The number of carbonyl (C=O) groups excluding carboxylic acids is 1. The van der Waals surface area contributed by atoms with Crippen LogP contribution in [0.3, 0.4) is 0 Å². The summed E-state index contributed by atoms with van der Waals surface area (Å²) in [4.78, 5) is 17.6. The summed E-state index contributed by atoms with van der Waals surface area (Å²) in [7, 11) is 2.12. The highest BCUT2D eigenvalue weighted by Gasteiger charge is 2.32. The van der Waals surface area contributed by atoms with Crippen LogP contribution in [0.25, 0.3) is 0 Å². The Labute approximate surface area is 152 Å². The van der Waals surface area contributed by atoms with Gasteiger partial charge in [0.05, 0.1) is 6.04 Å². The number of rotatable bonds is 3. The van der Waals surface area contributed by atoms with Gasteiger partial charge >= 0.3 is 0 Å². The number of halogens is 1. The van der Waals surface area contributed by atoms with Gasteiger partial charge in [-0.05, 0) is 48.5 Å². The molecule has 1 unspecified atom stereocenters. The lowest BCUT2D eigenvalue weighted by molar-refractivity contribution is 0.0486. The third-order valence-corrected chi connectivity index (χ3v) is 5.05. The first-order valence-electron chi connectivity index (χ1n) is 8.39. The molecule has 4 nitrogen and oxygen atoms in total. The van der Waals surface area contributed by atoms with Crippen molar-refractivity contribution < 1.29 is 4.79 Å². The molecule has 0 spiro atoms. The quantitative estimate of drug-likeness (QED) is 0.794. The first kappa shape index (κ1) is 17.2. The van der Waals surface area contributed by atoms with Gasteiger partial charge in [0.2, 0.25) is 0 Å². The van der Waals surface area contributed by atoms with Gasteiger partial charge in [-0.15, -0.1) is 0 Å². The van der Waals surface area contributed by atoms with Crippen LogP contribution >= 0.6 is 15.9 Å². The van der Waals surface area contributed by atoms with Crippen molar-refractivity contribution in [2.45, 2.75) is 25.9 Å². The van der Waals surface area contributed by atoms with Crippen LogP contribution in [-0.4, -0.2) is 47.0 Å². The van der Waals surface area contributed by atoms with E-state index in [1.54, 1.807) is 0 Å². The molecule has 128 valence electrons. The minimum Gasteiger partial charge on any atom is -0.340 e. The number of carbonyl (C=O) groups is 1. The number of likely N-dealkylation sites (N-methyl/N-ethyl adjacent to an activating group) is 1. The monoisotopic (exact) mass is 389 g/mol. The van der Waals surface area contributed by atoms with Crippen LogP contribution in [0.5, 0.6) is 0 Å². The SMILES string of the molecule is CC(C)n1cc(Br)cc1C(=O)N1CCN(C)CC1c1ccccc1. The topological polar surface area (TPSA) is 28.5 Å². The zero-order valence-corrected chi connectivity index (χ0v) is 16.0. The van der Waals surface area contributed by atoms with Gasteiger partial charge in [-0.25, -0.2) is 0 Å². The molecule has 1 amide bonds. The van der Waals surface area contributed by atoms with Gasteiger partial charge in [0, 0.05) is 36.3 Å². The standard InChI is InChI=1S/C19H24BrN3O/c1-14(2)23-12-16(20)11-17(23)19(24)22-10-9-21(3)13-18(22)15-7-5-4-6-8-15/h4-8,11-12,14,18H,9-10,13H2,1-3H3. The van der Waals surface area contributed by atoms with E-state index in [0.29, 0.717) is 0 Å². The van der Waals surface area contributed by atoms with E-state index in [1.807, 2.05) is 39.9 Å². The molecule has 1 aliphatic heterocycles. The summed E-state index contributed by atoms with van der Waals surface area (Å²) >= 11 is 3.51. The Morgan fingerprint density at radius 1 is 1.21 bits per heavy atom. The lowest BCUT2D eigenvalue weighted by Crippen LogP contribution is -2.49. The summed E-state index contributed by atoms with van der Waals surface area (Å²) in [5, 5.41) is 0. The van der Waals surface area contributed by atoms with Gasteiger partial charge in [-0.2, -0.15) is 0 Å². The predicted octanol–water partition coefficient (Wildman–Crippen LogP) is 3.96. The van der Waals surface area contributed by atoms with Crippen molar-refractivity contribution in [3.63, 3.8) is 0 Å². The van der Waals surface area contributed by atoms with E-state index in [0.717, 1.165) is 29.8 Å². The van der Waals surface area contributed by atoms with Crippen molar-refractivity contribution in [1.82, 2.24) is 14.4 Å². The molecule has 2 heterocycles. The molecule has 24 heavy (non-hydrogen) atoms. The fourth-order valence-corrected chi connectivity index (χ4v) is 3.75. The lowest BCUT2D eigenvalue weighted by atomic mass is 10.0. The van der Waals surface area contributed by atoms with E-state index in [4.69, 9.17) is 0 Å². The molecular weight excluding hydrogens is 366 g/mol. The number of amides is 1. The van der Waals surface area contributed by atoms with E-state index in [9.17, 15) is 4.79 Å². The van der Waals surface area contributed by atoms with Crippen LogP contribution in [0.15, 0.2) is 47.1 Å². The summed E-state index contributed by atoms with van der Waals surface area (Å²) < 4.78 is 3.00. The zero-order chi connectivity index (χ0) is 17.3. The van der Waals surface area contributed by atoms with Crippen molar-refractivity contribution in [2.75, 3.05) is 26.7 Å². The molecule has 1 aliphatic rings. The van der Waals surface area contributed by atoms with Crippen LogP contribution < -0.4 is 0 Å². The van der Waals surface area contributed by atoms with Crippen LogP contribution in [0.2, 0.25) is 0 Å². The van der Waals surface area contributed by atoms with Crippen molar-refractivity contribution in [1.29, 1.82) is 0 Å². The maximum Gasteiger partial charge on any atom is 0.271 e. The zero-order valence-electron chi connectivity index (χ0n) is 14.4. The molecular formula is C19H24BrN3O. The van der Waals surface area contributed by atoms with E-state index in [1.165, 1.54) is 5.56 Å². The van der Waals surface area contributed by atoms with Crippen LogP contribution in [0.4, 0.5) is 0 Å². The number of nitrogens with zero attached hydrogens (tertiary/aromatic N) is 3. The molecule has 1 atom stereocenters. The molecule has 1 saturated heterocycles. The molecule has 2 aromatic rings. The molecule has 1 aromatic heterocycles. The molecule has 5 heteroatoms. The number of piperazine rings is 1. The third kappa shape index (κ3) is 3.42. The molecule has 3 rings (SSSR count). The minimum atomic E-state index is 0.0896. The average Bonchev–Trinajstić information content (AvgIpc) is 2.97. The van der Waals surface area contributed by atoms with Gasteiger partial charge in [-0.3, -0.25) is 4.79 Å². The summed E-state index contributed by atoms with van der Waals surface area (Å²) in [6.07, 6.45) is 1.99. The second kappa shape index (κ2) is 7.11. The molecule has 0 saturated carbocycles. The van der Waals surface area contributed by atoms with E-state index < -0.39 is 0 Å². The summed E-state index contributed by atoms with van der Waals surface area (Å²) in [5.41, 5.74) is 1.95. The van der Waals surface area contributed by atoms with Crippen LogP contribution in [-0.2, 0) is 0 Å². The normalized spacial score (nSPS) is 19.0. The number of hydrogen-bond donors (Lipinski definition) is 0. The van der Waals surface area contributed by atoms with Crippen molar-refractivity contribution in [3.05, 3.63) is 58.3 Å². The minimum absolute atomic E-state index is 0.0896. The maximum absolute atomic E-state index is 13.3. The first-order chi connectivity index (χ1) is 11.5. The molecule has 1 aromatic carbocycles. The summed E-state index contributed by atoms with van der Waals surface area (Å²) in [6, 6.07) is 12.6. The predicted molar refractivity (Wildman–Crippen MR) is 100 cm³/mol. The summed E-state index contributed by atoms with van der Waals surface area (Å²) in [5.74, 6) is 0.108. The highest BCUT2D eigenvalue weighted by molar-refractivity contribution is 9.10. The highest BCUT2D eigenvalue weighted by atomic mass is 79.9. The Kier molecular flexibility index (Phi) is 5.11. The van der Waals surface area contributed by atoms with E-state index in [-0.39, 0.29) is 18.0 Å². The molecule has 1 fully saturated rings. The Morgan fingerprint density at radius 2 is 1.92 bits per heavy atom. The molecule has 0 aliphatic carbocycles. The van der Waals surface area contributed by atoms with Gasteiger partial charge < -0.3 is 14.4 Å². The van der Waals surface area contributed by atoms with Crippen LogP contribution in [0.1, 0.15) is 42.0 Å². The number of benzene rings is 1. The van der Waals surface area contributed by atoms with Crippen molar-refractivity contribution in [2.24, 2.45) is 0 Å². The van der Waals surface area contributed by atoms with E-state index >= 15 is 0 Å². The highest BCUT2D eigenvalue weighted by Crippen LogP contribution is 2.28. The van der Waals surface area contributed by atoms with Crippen molar-refractivity contribution >= 4 is 21.8 Å². The molecule has 0 N–H and O–H groups in total. The first-order valence-corrected chi connectivity index (χ1v) is 9.18. The summed E-state index contributed by atoms with van der Waals surface area (Å²) in [6.45, 7) is 6.71. The average molecular weight is 390 g/mol. The van der Waals surface area contributed by atoms with Gasteiger partial charge in [-0.1, -0.05) is 30.3 Å². The van der Waals surface area contributed by atoms with Crippen LogP contribution in [0, 0.1) is 0 Å². The fourth-order valence-electron chi connectivity index (χ4n) is 3.31. The number of aromatic nitrogens is 1. The second-order valence-electron chi connectivity index (χ2n) is 6.73. The number of hydrogen-bond acceptors (Lipinski definition) is 2. The second-order valence-corrected chi connectivity index (χ2v) is 7.65. The van der Waals surface area contributed by atoms with Gasteiger partial charge in [0.1, 0.15) is 5.69 Å². The van der Waals surface area contributed by atoms with Gasteiger partial charge in [0.25, 0.3) is 5.91 Å². The lowest BCUT2D eigenvalue weighted by Gasteiger charge is -2.40. The molecule has 0 radical (unpaired) electrons. The molecule has 0 bridgehead atoms. The Morgan fingerprint density at radius 3 is 2.58 bits per heavy atom. The maximum atomic E-state index is 13.3. The van der Waals surface area contributed by atoms with Crippen molar-refractivity contribution in [3.8, 4) is 0 Å². The van der Waals surface area contributed by atoms with E-state index in [2.05, 4.69) is 53.9 Å². The smallest absolute Gasteiger partial charge is 0.271 e. The third-order valence-electron chi connectivity index (χ3n) is 4.62. The Bertz CT molecular complexity index is 711. The Hall–Kier alpha value is -1.59. The largest absolute Gasteiger partial charge is 0.340 e. The fraction of sp³-hybridized carbons (Fsp3) is 0.421. The Balaban J connectivity index is 1.95. The van der Waals surface area contributed by atoms with Gasteiger partial charge in [0.15, 0.2) is 0 Å².